The molecule has 0 spiro atoms. The molecular formula is C13H20N2O3. The topological polar surface area (TPSA) is 68.7 Å². The minimum absolute atomic E-state index is 0.226. The zero-order valence-electron chi connectivity index (χ0n) is 10.9. The fourth-order valence-corrected chi connectivity index (χ4v) is 2.54. The van der Waals surface area contributed by atoms with Gasteiger partial charge >= 0.3 is 5.97 Å². The maximum absolute atomic E-state index is 11.3. The Bertz CT molecular complexity index is 406. The summed E-state index contributed by atoms with van der Waals surface area (Å²) < 4.78 is 10.1. The van der Waals surface area contributed by atoms with Gasteiger partial charge in [0.05, 0.1) is 13.7 Å². The van der Waals surface area contributed by atoms with Gasteiger partial charge in [-0.3, -0.25) is 4.90 Å². The molecule has 100 valence electrons. The number of nitrogens with two attached hydrogens (primary N) is 1. The average molecular weight is 252 g/mol. The number of furan rings is 1. The summed E-state index contributed by atoms with van der Waals surface area (Å²) in [6.07, 6.45) is 1.07. The Labute approximate surface area is 107 Å². The molecule has 18 heavy (non-hydrogen) atoms. The standard InChI is InChI=1S/C13H20N2O3/c1-9-5-10(14)7-15(6-9)8-11-3-4-12(18-11)13(16)17-2/h3-4,9-10H,5-8,14H2,1-2H3. The maximum Gasteiger partial charge on any atom is 0.373 e. The van der Waals surface area contributed by atoms with Crippen LogP contribution in [0.5, 0.6) is 0 Å². The number of piperidine rings is 1. The molecule has 0 aromatic carbocycles. The van der Waals surface area contributed by atoms with Gasteiger partial charge in [-0.2, -0.15) is 0 Å². The van der Waals surface area contributed by atoms with Gasteiger partial charge in [-0.15, -0.1) is 0 Å². The van der Waals surface area contributed by atoms with Crippen molar-refractivity contribution in [3.8, 4) is 0 Å². The molecule has 0 radical (unpaired) electrons. The fourth-order valence-electron chi connectivity index (χ4n) is 2.54. The van der Waals surface area contributed by atoms with Crippen molar-refractivity contribution in [2.24, 2.45) is 11.7 Å². The summed E-state index contributed by atoms with van der Waals surface area (Å²) >= 11 is 0. The van der Waals surface area contributed by atoms with Crippen molar-refractivity contribution in [3.63, 3.8) is 0 Å². The highest BCUT2D eigenvalue weighted by Gasteiger charge is 2.23. The number of likely N-dealkylation sites (tertiary alicyclic amines) is 1. The van der Waals surface area contributed by atoms with Gasteiger partial charge in [-0.25, -0.2) is 4.79 Å². The molecule has 2 heterocycles. The highest BCUT2D eigenvalue weighted by Crippen LogP contribution is 2.18. The molecular weight excluding hydrogens is 232 g/mol. The van der Waals surface area contributed by atoms with Crippen LogP contribution in [-0.2, 0) is 11.3 Å². The third kappa shape index (κ3) is 3.11. The van der Waals surface area contributed by atoms with E-state index in [9.17, 15) is 4.79 Å². The minimum atomic E-state index is -0.440. The Morgan fingerprint density at radius 3 is 3.00 bits per heavy atom. The molecule has 5 heteroatoms. The number of rotatable bonds is 3. The summed E-state index contributed by atoms with van der Waals surface area (Å²) in [7, 11) is 1.34. The first-order valence-electron chi connectivity index (χ1n) is 6.23. The Morgan fingerprint density at radius 1 is 1.56 bits per heavy atom. The van der Waals surface area contributed by atoms with Crippen LogP contribution in [0.15, 0.2) is 16.5 Å². The first-order valence-corrected chi connectivity index (χ1v) is 6.23. The van der Waals surface area contributed by atoms with Gasteiger partial charge < -0.3 is 14.9 Å². The molecule has 1 fully saturated rings. The Balaban J connectivity index is 1.96. The molecule has 0 aliphatic carbocycles. The van der Waals surface area contributed by atoms with Gasteiger partial charge in [0.1, 0.15) is 5.76 Å². The number of methoxy groups -OCH3 is 1. The largest absolute Gasteiger partial charge is 0.463 e. The van der Waals surface area contributed by atoms with E-state index in [0.29, 0.717) is 12.5 Å². The first kappa shape index (κ1) is 13.1. The average Bonchev–Trinajstić information content (AvgIpc) is 2.75. The van der Waals surface area contributed by atoms with Crippen LogP contribution in [0.4, 0.5) is 0 Å². The van der Waals surface area contributed by atoms with Gasteiger partial charge in [0, 0.05) is 19.1 Å². The second-order valence-corrected chi connectivity index (χ2v) is 5.05. The third-order valence-electron chi connectivity index (χ3n) is 3.20. The minimum Gasteiger partial charge on any atom is -0.463 e. The van der Waals surface area contributed by atoms with E-state index in [-0.39, 0.29) is 11.8 Å². The summed E-state index contributed by atoms with van der Waals surface area (Å²) in [5, 5.41) is 0. The van der Waals surface area contributed by atoms with Crippen molar-refractivity contribution >= 4 is 5.97 Å². The summed E-state index contributed by atoms with van der Waals surface area (Å²) in [5.74, 6) is 1.19. The van der Waals surface area contributed by atoms with Crippen LogP contribution in [0, 0.1) is 5.92 Å². The number of hydrogen-bond acceptors (Lipinski definition) is 5. The molecule has 0 bridgehead atoms. The summed E-state index contributed by atoms with van der Waals surface area (Å²) in [6.45, 7) is 4.78. The second-order valence-electron chi connectivity index (χ2n) is 5.05. The van der Waals surface area contributed by atoms with E-state index < -0.39 is 5.97 Å². The van der Waals surface area contributed by atoms with Crippen molar-refractivity contribution < 1.29 is 13.9 Å². The van der Waals surface area contributed by atoms with Crippen LogP contribution in [0.1, 0.15) is 29.7 Å². The van der Waals surface area contributed by atoms with Crippen molar-refractivity contribution in [2.45, 2.75) is 25.9 Å². The van der Waals surface area contributed by atoms with Crippen molar-refractivity contribution in [1.82, 2.24) is 4.90 Å². The lowest BCUT2D eigenvalue weighted by atomic mass is 9.96. The van der Waals surface area contributed by atoms with E-state index in [4.69, 9.17) is 10.2 Å². The molecule has 2 rings (SSSR count). The van der Waals surface area contributed by atoms with Crippen molar-refractivity contribution in [2.75, 3.05) is 20.2 Å². The van der Waals surface area contributed by atoms with E-state index in [0.717, 1.165) is 25.3 Å². The van der Waals surface area contributed by atoms with Crippen LogP contribution in [0.3, 0.4) is 0 Å². The van der Waals surface area contributed by atoms with E-state index >= 15 is 0 Å². The van der Waals surface area contributed by atoms with Crippen LogP contribution in [-0.4, -0.2) is 37.1 Å². The molecule has 1 aliphatic heterocycles. The van der Waals surface area contributed by atoms with Crippen LogP contribution >= 0.6 is 0 Å². The number of ether oxygens (including phenoxy) is 1. The molecule has 2 unspecified atom stereocenters. The van der Waals surface area contributed by atoms with E-state index in [1.165, 1.54) is 7.11 Å². The Kier molecular flexibility index (Phi) is 4.04. The van der Waals surface area contributed by atoms with Gasteiger partial charge in [-0.1, -0.05) is 6.92 Å². The number of carbonyl (C=O) groups is 1. The van der Waals surface area contributed by atoms with Crippen LogP contribution in [0.2, 0.25) is 0 Å². The quantitative estimate of drug-likeness (QED) is 0.820. The van der Waals surface area contributed by atoms with Crippen LogP contribution < -0.4 is 5.73 Å². The van der Waals surface area contributed by atoms with E-state index in [1.807, 2.05) is 6.07 Å². The zero-order chi connectivity index (χ0) is 13.1. The SMILES string of the molecule is COC(=O)c1ccc(CN2CC(C)CC(N)C2)o1. The van der Waals surface area contributed by atoms with Gasteiger partial charge in [0.15, 0.2) is 0 Å². The lowest BCUT2D eigenvalue weighted by molar-refractivity contribution is 0.0559. The molecule has 1 saturated heterocycles. The molecule has 1 aromatic rings. The van der Waals surface area contributed by atoms with Crippen molar-refractivity contribution in [3.05, 3.63) is 23.7 Å². The number of nitrogens with zero attached hydrogens (tertiary/aromatic N) is 1. The smallest absolute Gasteiger partial charge is 0.373 e. The molecule has 2 atom stereocenters. The summed E-state index contributed by atoms with van der Waals surface area (Å²) in [4.78, 5) is 13.5. The number of hydrogen-bond donors (Lipinski definition) is 1. The Morgan fingerprint density at radius 2 is 2.33 bits per heavy atom. The first-order chi connectivity index (χ1) is 8.58. The molecule has 0 amide bonds. The van der Waals surface area contributed by atoms with Crippen LogP contribution in [0.25, 0.3) is 0 Å². The second kappa shape index (κ2) is 5.54. The monoisotopic (exact) mass is 252 g/mol. The predicted octanol–water partition coefficient (Wildman–Crippen LogP) is 1.24. The maximum atomic E-state index is 11.3. The molecule has 1 aromatic heterocycles. The Hall–Kier alpha value is -1.33. The summed E-state index contributed by atoms with van der Waals surface area (Å²) in [5.41, 5.74) is 6.00. The molecule has 2 N–H and O–H groups in total. The predicted molar refractivity (Wildman–Crippen MR) is 67.1 cm³/mol. The number of esters is 1. The molecule has 0 saturated carbocycles. The molecule has 5 nitrogen and oxygen atoms in total. The zero-order valence-corrected chi connectivity index (χ0v) is 10.9. The van der Waals surface area contributed by atoms with Gasteiger partial charge in [0.2, 0.25) is 5.76 Å². The lowest BCUT2D eigenvalue weighted by Gasteiger charge is -2.34. The van der Waals surface area contributed by atoms with Crippen molar-refractivity contribution in [1.29, 1.82) is 0 Å². The highest BCUT2D eigenvalue weighted by atomic mass is 16.5. The highest BCUT2D eigenvalue weighted by molar-refractivity contribution is 5.86. The van der Waals surface area contributed by atoms with Gasteiger partial charge in [0.25, 0.3) is 0 Å². The van der Waals surface area contributed by atoms with E-state index in [2.05, 4.69) is 16.6 Å². The third-order valence-corrected chi connectivity index (χ3v) is 3.20. The normalized spacial score (nSPS) is 25.1. The van der Waals surface area contributed by atoms with E-state index in [1.54, 1.807) is 6.07 Å². The fraction of sp³-hybridized carbons (Fsp3) is 0.615. The molecule has 1 aliphatic rings. The summed E-state index contributed by atoms with van der Waals surface area (Å²) in [6, 6.07) is 3.69. The van der Waals surface area contributed by atoms with Gasteiger partial charge in [-0.05, 0) is 24.5 Å². The lowest BCUT2D eigenvalue weighted by Crippen LogP contribution is -2.45. The number of carbonyl (C=O) groups excluding carboxylic acids is 1.